The highest BCUT2D eigenvalue weighted by molar-refractivity contribution is 7.71. The first-order valence-corrected chi connectivity index (χ1v) is 3.27. The van der Waals surface area contributed by atoms with Gasteiger partial charge < -0.3 is 16.5 Å². The first kappa shape index (κ1) is 7.08. The summed E-state index contributed by atoms with van der Waals surface area (Å²) in [6.07, 6.45) is 0. The van der Waals surface area contributed by atoms with E-state index in [4.69, 9.17) is 23.7 Å². The molecule has 3 nitrogen and oxygen atoms in total. The van der Waals surface area contributed by atoms with E-state index in [1.165, 1.54) is 0 Å². The topological polar surface area (TPSA) is 67.8 Å². The Bertz CT molecular complexity index is 276. The fraction of sp³-hybridized carbons (Fsp3) is 0.167. The molecule has 1 aromatic rings. The van der Waals surface area contributed by atoms with Crippen LogP contribution in [0, 0.1) is 11.6 Å². The lowest BCUT2D eigenvalue weighted by Gasteiger charge is -2.01. The van der Waals surface area contributed by atoms with Crippen LogP contribution in [0.25, 0.3) is 0 Å². The van der Waals surface area contributed by atoms with Crippen molar-refractivity contribution in [3.05, 3.63) is 16.4 Å². The summed E-state index contributed by atoms with van der Waals surface area (Å²) in [7, 11) is 0. The number of aryl methyl sites for hydroxylation is 1. The van der Waals surface area contributed by atoms with Crippen molar-refractivity contribution in [2.45, 2.75) is 6.92 Å². The minimum absolute atomic E-state index is 0.543. The van der Waals surface area contributed by atoms with Crippen LogP contribution in [0.2, 0.25) is 0 Å². The van der Waals surface area contributed by atoms with Gasteiger partial charge in [0.05, 0.1) is 11.4 Å². The van der Waals surface area contributed by atoms with Crippen molar-refractivity contribution in [2.24, 2.45) is 0 Å². The van der Waals surface area contributed by atoms with Crippen LogP contribution < -0.4 is 11.5 Å². The van der Waals surface area contributed by atoms with Crippen LogP contribution in [0.1, 0.15) is 5.69 Å². The van der Waals surface area contributed by atoms with E-state index in [9.17, 15) is 0 Å². The Labute approximate surface area is 64.1 Å². The predicted molar refractivity (Wildman–Crippen MR) is 45.2 cm³/mol. The van der Waals surface area contributed by atoms with Gasteiger partial charge in [0.1, 0.15) is 4.64 Å². The smallest absolute Gasteiger partial charge is 0.105 e. The maximum Gasteiger partial charge on any atom is 0.105 e. The lowest BCUT2D eigenvalue weighted by Crippen LogP contribution is -1.99. The molecule has 0 spiro atoms. The Morgan fingerprint density at radius 3 is 2.60 bits per heavy atom. The molecule has 4 heteroatoms. The molecule has 0 atom stereocenters. The van der Waals surface area contributed by atoms with E-state index in [1.807, 2.05) is 6.92 Å². The number of rotatable bonds is 0. The van der Waals surface area contributed by atoms with Crippen LogP contribution in [0.15, 0.2) is 6.07 Å². The van der Waals surface area contributed by atoms with E-state index in [1.54, 1.807) is 6.07 Å². The zero-order valence-corrected chi connectivity index (χ0v) is 6.46. The van der Waals surface area contributed by atoms with Crippen molar-refractivity contribution in [3.8, 4) is 0 Å². The molecular formula is C6H9N3S. The van der Waals surface area contributed by atoms with Gasteiger partial charge in [0.25, 0.3) is 0 Å². The Morgan fingerprint density at radius 2 is 2.10 bits per heavy atom. The molecule has 1 aromatic heterocycles. The average Bonchev–Trinajstić information content (AvgIpc) is 1.82. The third kappa shape index (κ3) is 1.11. The van der Waals surface area contributed by atoms with Crippen LogP contribution in [0.4, 0.5) is 11.4 Å². The van der Waals surface area contributed by atoms with E-state index < -0.39 is 0 Å². The van der Waals surface area contributed by atoms with Gasteiger partial charge in [-0.15, -0.1) is 0 Å². The van der Waals surface area contributed by atoms with Crippen molar-refractivity contribution in [1.29, 1.82) is 0 Å². The van der Waals surface area contributed by atoms with Crippen LogP contribution in [0.3, 0.4) is 0 Å². The number of nitrogens with two attached hydrogens (primary N) is 2. The molecule has 5 N–H and O–H groups in total. The van der Waals surface area contributed by atoms with Crippen LogP contribution in [-0.2, 0) is 0 Å². The molecule has 0 bridgehead atoms. The summed E-state index contributed by atoms with van der Waals surface area (Å²) in [4.78, 5) is 2.89. The molecule has 0 saturated carbocycles. The second-order valence-corrected chi connectivity index (χ2v) is 2.57. The highest BCUT2D eigenvalue weighted by Gasteiger charge is 1.96. The number of nitrogens with one attached hydrogen (secondary N) is 1. The van der Waals surface area contributed by atoms with Gasteiger partial charge in [-0.05, 0) is 13.0 Å². The summed E-state index contributed by atoms with van der Waals surface area (Å²) in [6, 6.07) is 1.64. The summed E-state index contributed by atoms with van der Waals surface area (Å²) in [5.41, 5.74) is 13.0. The maximum absolute atomic E-state index is 5.55. The quantitative estimate of drug-likeness (QED) is 0.493. The van der Waals surface area contributed by atoms with E-state index in [0.29, 0.717) is 16.0 Å². The van der Waals surface area contributed by atoms with Gasteiger partial charge in [0, 0.05) is 5.69 Å². The Morgan fingerprint density at radius 1 is 1.50 bits per heavy atom. The summed E-state index contributed by atoms with van der Waals surface area (Å²) < 4.78 is 0.615. The maximum atomic E-state index is 5.55. The Balaban J connectivity index is 3.46. The third-order valence-corrected chi connectivity index (χ3v) is 1.53. The number of hydrogen-bond donors (Lipinski definition) is 3. The summed E-state index contributed by atoms with van der Waals surface area (Å²) in [6.45, 7) is 1.83. The molecule has 1 rings (SSSR count). The van der Waals surface area contributed by atoms with Crippen molar-refractivity contribution in [1.82, 2.24) is 4.98 Å². The van der Waals surface area contributed by atoms with Crippen molar-refractivity contribution >= 4 is 23.6 Å². The number of aromatic nitrogens is 1. The standard InChI is InChI=1S/C6H9N3S/c1-3-6(8)4(7)2-5(10)9-3/h2H,8H2,1H3,(H3,7,9,10). The minimum Gasteiger partial charge on any atom is -0.397 e. The summed E-state index contributed by atoms with van der Waals surface area (Å²) in [5, 5.41) is 0. The number of hydrogen-bond acceptors (Lipinski definition) is 3. The molecule has 0 amide bonds. The van der Waals surface area contributed by atoms with Gasteiger partial charge in [-0.25, -0.2) is 0 Å². The molecule has 1 heterocycles. The molecule has 0 fully saturated rings. The number of nitrogen functional groups attached to an aromatic ring is 2. The minimum atomic E-state index is 0.543. The first-order chi connectivity index (χ1) is 4.61. The largest absolute Gasteiger partial charge is 0.397 e. The molecule has 54 valence electrons. The van der Waals surface area contributed by atoms with Crippen molar-refractivity contribution in [3.63, 3.8) is 0 Å². The summed E-state index contributed by atoms with van der Waals surface area (Å²) in [5.74, 6) is 0. The number of pyridine rings is 1. The van der Waals surface area contributed by atoms with Gasteiger partial charge >= 0.3 is 0 Å². The van der Waals surface area contributed by atoms with Gasteiger partial charge in [-0.3, -0.25) is 0 Å². The molecule has 0 radical (unpaired) electrons. The average molecular weight is 155 g/mol. The normalized spacial score (nSPS) is 9.70. The second kappa shape index (κ2) is 2.30. The van der Waals surface area contributed by atoms with Gasteiger partial charge in [-0.1, -0.05) is 12.2 Å². The van der Waals surface area contributed by atoms with Crippen LogP contribution in [0.5, 0.6) is 0 Å². The zero-order valence-electron chi connectivity index (χ0n) is 5.64. The molecule has 0 saturated heterocycles. The number of aromatic amines is 1. The van der Waals surface area contributed by atoms with Gasteiger partial charge in [0.15, 0.2) is 0 Å². The second-order valence-electron chi connectivity index (χ2n) is 2.13. The first-order valence-electron chi connectivity index (χ1n) is 2.86. The molecule has 0 aliphatic rings. The number of anilines is 2. The van der Waals surface area contributed by atoms with Crippen LogP contribution in [-0.4, -0.2) is 4.98 Å². The monoisotopic (exact) mass is 155 g/mol. The highest BCUT2D eigenvalue weighted by Crippen LogP contribution is 2.15. The van der Waals surface area contributed by atoms with Crippen molar-refractivity contribution < 1.29 is 0 Å². The van der Waals surface area contributed by atoms with Gasteiger partial charge in [-0.2, -0.15) is 0 Å². The summed E-state index contributed by atoms with van der Waals surface area (Å²) >= 11 is 4.86. The molecule has 0 aromatic carbocycles. The Hall–Kier alpha value is -1.03. The predicted octanol–water partition coefficient (Wildman–Crippen LogP) is 1.22. The fourth-order valence-corrected chi connectivity index (χ4v) is 1.00. The van der Waals surface area contributed by atoms with E-state index in [-0.39, 0.29) is 0 Å². The SMILES string of the molecule is Cc1[nH]c(=S)cc(N)c1N. The zero-order chi connectivity index (χ0) is 7.72. The molecule has 0 unspecified atom stereocenters. The van der Waals surface area contributed by atoms with Crippen LogP contribution >= 0.6 is 12.2 Å². The van der Waals surface area contributed by atoms with Gasteiger partial charge in [0.2, 0.25) is 0 Å². The third-order valence-electron chi connectivity index (χ3n) is 1.31. The molecule has 0 aliphatic heterocycles. The Kier molecular flexibility index (Phi) is 1.63. The van der Waals surface area contributed by atoms with Crippen molar-refractivity contribution in [2.75, 3.05) is 11.5 Å². The molecule has 0 aliphatic carbocycles. The van der Waals surface area contributed by atoms with E-state index in [0.717, 1.165) is 5.69 Å². The van der Waals surface area contributed by atoms with E-state index in [2.05, 4.69) is 4.98 Å². The molecule has 10 heavy (non-hydrogen) atoms. The highest BCUT2D eigenvalue weighted by atomic mass is 32.1. The lowest BCUT2D eigenvalue weighted by molar-refractivity contribution is 1.19. The molecular weight excluding hydrogens is 146 g/mol. The van der Waals surface area contributed by atoms with E-state index >= 15 is 0 Å². The fourth-order valence-electron chi connectivity index (χ4n) is 0.724. The number of H-pyrrole nitrogens is 1. The lowest BCUT2D eigenvalue weighted by atomic mass is 10.3.